The number of allylic oxidation sites excluding steroid dienone is 3. The number of aliphatic hydroxyl groups excluding tert-OH is 2. The van der Waals surface area contributed by atoms with E-state index in [0.717, 1.165) is 25.2 Å². The van der Waals surface area contributed by atoms with Crippen LogP contribution in [0.2, 0.25) is 0 Å². The van der Waals surface area contributed by atoms with Gasteiger partial charge < -0.3 is 10.2 Å². The fourth-order valence-electron chi connectivity index (χ4n) is 6.91. The number of rotatable bonds is 6. The van der Waals surface area contributed by atoms with Gasteiger partial charge in [0.05, 0.1) is 12.2 Å². The first-order valence-corrected chi connectivity index (χ1v) is 12.8. The predicted octanol–water partition coefficient (Wildman–Crippen LogP) is 6.38. The van der Waals surface area contributed by atoms with Gasteiger partial charge in [0.1, 0.15) is 5.78 Å². The summed E-state index contributed by atoms with van der Waals surface area (Å²) in [5.74, 6) is 2.48. The van der Waals surface area contributed by atoms with Gasteiger partial charge in [0, 0.05) is 11.8 Å². The van der Waals surface area contributed by atoms with Crippen molar-refractivity contribution in [3.05, 3.63) is 23.3 Å². The maximum absolute atomic E-state index is 12.3. The molecular weight excluding hydrogens is 384 g/mol. The van der Waals surface area contributed by atoms with E-state index in [1.807, 2.05) is 20.8 Å². The van der Waals surface area contributed by atoms with Gasteiger partial charge in [-0.05, 0) is 81.0 Å². The Hall–Kier alpha value is -0.930. The van der Waals surface area contributed by atoms with Crippen molar-refractivity contribution in [2.24, 2.45) is 28.6 Å². The molecule has 3 fully saturated rings. The van der Waals surface area contributed by atoms with E-state index < -0.39 is 12.2 Å². The molecule has 0 radical (unpaired) electrons. The fourth-order valence-corrected chi connectivity index (χ4v) is 6.91. The lowest BCUT2D eigenvalue weighted by Crippen LogP contribution is -2.36. The molecule has 0 saturated heterocycles. The summed E-state index contributed by atoms with van der Waals surface area (Å²) in [7, 11) is 0. The molecule has 3 aliphatic carbocycles. The van der Waals surface area contributed by atoms with Crippen LogP contribution in [0.3, 0.4) is 0 Å². The summed E-state index contributed by atoms with van der Waals surface area (Å²) < 4.78 is 0. The number of hydrogen-bond donors (Lipinski definition) is 2. The first-order chi connectivity index (χ1) is 14.5. The number of hydrogen-bond acceptors (Lipinski definition) is 3. The van der Waals surface area contributed by atoms with E-state index in [0.29, 0.717) is 42.3 Å². The highest BCUT2D eigenvalue weighted by Gasteiger charge is 2.50. The molecule has 3 nitrogen and oxygen atoms in total. The zero-order valence-corrected chi connectivity index (χ0v) is 20.6. The van der Waals surface area contributed by atoms with Crippen LogP contribution >= 0.6 is 0 Å². The molecule has 0 aromatic rings. The molecule has 3 saturated carbocycles. The molecule has 3 aliphatic rings. The minimum Gasteiger partial charge on any atom is -0.393 e. The molecule has 6 atom stereocenters. The van der Waals surface area contributed by atoms with Crippen LogP contribution in [-0.4, -0.2) is 28.2 Å². The molecule has 2 N–H and O–H groups in total. The second-order valence-electron chi connectivity index (χ2n) is 12.2. The first kappa shape index (κ1) is 24.7. The maximum Gasteiger partial charge on any atom is 0.138 e. The number of ketones is 1. The maximum atomic E-state index is 12.3. The van der Waals surface area contributed by atoms with Crippen LogP contribution in [0.25, 0.3) is 0 Å². The minimum absolute atomic E-state index is 0.213. The first-order valence-electron chi connectivity index (χ1n) is 12.8. The average Bonchev–Trinajstić information content (AvgIpc) is 3.02. The fraction of sp³-hybridized carbons (Fsp3) is 0.821. The van der Waals surface area contributed by atoms with Gasteiger partial charge in [-0.2, -0.15) is 0 Å². The Bertz CT molecular complexity index is 686. The van der Waals surface area contributed by atoms with Crippen LogP contribution in [0.1, 0.15) is 105 Å². The smallest absolute Gasteiger partial charge is 0.138 e. The Morgan fingerprint density at radius 3 is 2.48 bits per heavy atom. The van der Waals surface area contributed by atoms with Crippen molar-refractivity contribution in [2.75, 3.05) is 0 Å². The molecule has 0 aliphatic heterocycles. The summed E-state index contributed by atoms with van der Waals surface area (Å²) in [6.45, 7) is 11.0. The minimum atomic E-state index is -0.396. The van der Waals surface area contributed by atoms with Crippen molar-refractivity contribution in [3.63, 3.8) is 0 Å². The van der Waals surface area contributed by atoms with Gasteiger partial charge in [-0.25, -0.2) is 0 Å². The number of carbonyl (C=O) groups is 1. The van der Waals surface area contributed by atoms with E-state index in [1.165, 1.54) is 37.7 Å². The molecule has 31 heavy (non-hydrogen) atoms. The van der Waals surface area contributed by atoms with Gasteiger partial charge in [-0.15, -0.1) is 0 Å². The van der Waals surface area contributed by atoms with Crippen molar-refractivity contribution in [1.29, 1.82) is 0 Å². The predicted molar refractivity (Wildman–Crippen MR) is 128 cm³/mol. The van der Waals surface area contributed by atoms with Gasteiger partial charge in [0.2, 0.25) is 0 Å². The van der Waals surface area contributed by atoms with Crippen molar-refractivity contribution < 1.29 is 15.0 Å². The second-order valence-corrected chi connectivity index (χ2v) is 12.2. The van der Waals surface area contributed by atoms with E-state index >= 15 is 0 Å². The number of fused-ring (bicyclic) bond motifs is 1. The Morgan fingerprint density at radius 2 is 1.84 bits per heavy atom. The van der Waals surface area contributed by atoms with Gasteiger partial charge in [-0.1, -0.05) is 64.3 Å². The third-order valence-electron chi connectivity index (χ3n) is 8.70. The highest BCUT2D eigenvalue weighted by molar-refractivity contribution is 5.83. The van der Waals surface area contributed by atoms with Gasteiger partial charge in [0.15, 0.2) is 0 Å². The number of carbonyl (C=O) groups excluding carboxylic acids is 1. The standard InChI is InChI=1S/C28H46O3/c1-19(8-6-10-26(31)27(2,3)4)24-13-14-25-21(9-7-15-28(24,25)5)12-11-20-16-22(29)18-23(30)17-20/h11-12,19,22-25,29-30H,6-10,13-18H2,1-5H3/b20-11?,21-12+/t19-,22-,23?,24?,25+,28?/m1/s1. The molecule has 176 valence electrons. The van der Waals surface area contributed by atoms with Crippen molar-refractivity contribution >= 4 is 5.78 Å². The monoisotopic (exact) mass is 430 g/mol. The highest BCUT2D eigenvalue weighted by Crippen LogP contribution is 2.59. The zero-order valence-electron chi connectivity index (χ0n) is 20.6. The zero-order chi connectivity index (χ0) is 22.8. The van der Waals surface area contributed by atoms with Crippen molar-refractivity contribution in [1.82, 2.24) is 0 Å². The average molecular weight is 431 g/mol. The van der Waals surface area contributed by atoms with Crippen molar-refractivity contribution in [3.8, 4) is 0 Å². The van der Waals surface area contributed by atoms with Crippen LogP contribution in [0.4, 0.5) is 0 Å². The van der Waals surface area contributed by atoms with Crippen LogP contribution in [0.5, 0.6) is 0 Å². The van der Waals surface area contributed by atoms with Crippen LogP contribution < -0.4 is 0 Å². The molecule has 3 heteroatoms. The van der Waals surface area contributed by atoms with E-state index in [2.05, 4.69) is 26.0 Å². The Morgan fingerprint density at radius 1 is 1.16 bits per heavy atom. The van der Waals surface area contributed by atoms with E-state index in [4.69, 9.17) is 0 Å². The lowest BCUT2D eigenvalue weighted by atomic mass is 9.60. The topological polar surface area (TPSA) is 57.5 Å². The largest absolute Gasteiger partial charge is 0.393 e. The molecule has 0 bridgehead atoms. The SMILES string of the molecule is C[C@H](CCCC(=O)C(C)(C)C)C1CC[C@H]2/C(=C/C=C3CC(O)C[C@H](O)C3)CCCC12C. The third kappa shape index (κ3) is 5.90. The summed E-state index contributed by atoms with van der Waals surface area (Å²) in [6.07, 6.45) is 14.9. The van der Waals surface area contributed by atoms with Gasteiger partial charge in [0.25, 0.3) is 0 Å². The van der Waals surface area contributed by atoms with E-state index in [1.54, 1.807) is 5.57 Å². The number of Topliss-reactive ketones (excluding diaryl/α,β-unsaturated/α-hetero) is 1. The van der Waals surface area contributed by atoms with Crippen LogP contribution in [0.15, 0.2) is 23.3 Å². The van der Waals surface area contributed by atoms with Gasteiger partial charge >= 0.3 is 0 Å². The Labute approximate surface area is 190 Å². The molecule has 3 unspecified atom stereocenters. The lowest BCUT2D eigenvalue weighted by Gasteiger charge is -2.44. The lowest BCUT2D eigenvalue weighted by molar-refractivity contribution is -0.126. The summed E-state index contributed by atoms with van der Waals surface area (Å²) in [5.41, 5.74) is 2.95. The molecule has 0 spiro atoms. The van der Waals surface area contributed by atoms with Crippen molar-refractivity contribution in [2.45, 2.75) is 117 Å². The molecule has 0 heterocycles. The number of aliphatic hydroxyl groups is 2. The summed E-state index contributed by atoms with van der Waals surface area (Å²) in [4.78, 5) is 12.3. The summed E-state index contributed by atoms with van der Waals surface area (Å²) in [5, 5.41) is 20.0. The molecule has 0 aromatic heterocycles. The summed E-state index contributed by atoms with van der Waals surface area (Å²) >= 11 is 0. The van der Waals surface area contributed by atoms with E-state index in [-0.39, 0.29) is 5.41 Å². The Balaban J connectivity index is 1.63. The molecule has 0 aromatic carbocycles. The summed E-state index contributed by atoms with van der Waals surface area (Å²) in [6, 6.07) is 0. The second kappa shape index (κ2) is 9.91. The molecule has 3 rings (SSSR count). The highest BCUT2D eigenvalue weighted by atomic mass is 16.3. The third-order valence-corrected chi connectivity index (χ3v) is 8.70. The molecule has 0 amide bonds. The normalized spacial score (nSPS) is 37.8. The van der Waals surface area contributed by atoms with E-state index in [9.17, 15) is 15.0 Å². The Kier molecular flexibility index (Phi) is 7.90. The quantitative estimate of drug-likeness (QED) is 0.514. The molecular formula is C28H46O3. The van der Waals surface area contributed by atoms with Crippen LogP contribution in [-0.2, 0) is 4.79 Å². The van der Waals surface area contributed by atoms with Crippen LogP contribution in [0, 0.1) is 28.6 Å². The van der Waals surface area contributed by atoms with Gasteiger partial charge in [-0.3, -0.25) is 4.79 Å².